The smallest absolute Gasteiger partial charge is 0.257 e. The van der Waals surface area contributed by atoms with Crippen LogP contribution in [0.15, 0.2) is 46.9 Å². The fourth-order valence-electron chi connectivity index (χ4n) is 1.96. The van der Waals surface area contributed by atoms with Crippen LogP contribution in [-0.4, -0.2) is 23.9 Å². The maximum absolute atomic E-state index is 12.2. The van der Waals surface area contributed by atoms with Gasteiger partial charge in [-0.3, -0.25) is 14.9 Å². The number of ether oxygens (including phenoxy) is 1. The van der Waals surface area contributed by atoms with Gasteiger partial charge in [0.25, 0.3) is 5.91 Å². The Hall–Kier alpha value is -2.25. The summed E-state index contributed by atoms with van der Waals surface area (Å²) in [7, 11) is 1.55. The molecule has 0 radical (unpaired) electrons. The van der Waals surface area contributed by atoms with Crippen molar-refractivity contribution in [1.29, 1.82) is 0 Å². The average molecular weight is 407 g/mol. The van der Waals surface area contributed by atoms with E-state index in [-0.39, 0.29) is 16.8 Å². The molecule has 0 aliphatic heterocycles. The molecule has 0 unspecified atom stereocenters. The maximum Gasteiger partial charge on any atom is 0.257 e. The van der Waals surface area contributed by atoms with Gasteiger partial charge in [0.1, 0.15) is 5.75 Å². The molecule has 2 rings (SSSR count). The molecule has 24 heavy (non-hydrogen) atoms. The third-order valence-electron chi connectivity index (χ3n) is 3.17. The summed E-state index contributed by atoms with van der Waals surface area (Å²) in [5.41, 5.74) is 1.63. The minimum Gasteiger partial charge on any atom is -0.496 e. The number of anilines is 1. The summed E-state index contributed by atoms with van der Waals surface area (Å²) in [6.45, 7) is 1.49. The molecule has 0 heterocycles. The highest BCUT2D eigenvalue weighted by Gasteiger charge is 2.11. The summed E-state index contributed by atoms with van der Waals surface area (Å²) in [4.78, 5) is 23.6. The Morgan fingerprint density at radius 3 is 2.50 bits per heavy atom. The third-order valence-corrected chi connectivity index (χ3v) is 3.99. The molecule has 0 bridgehead atoms. The standard InChI is InChI=1S/C17H15BrN2O3S/c1-10(21)11-4-3-5-13(8-11)19-17(24)20-16(22)12-6-7-15(23-2)14(18)9-12/h3-9H,1-2H3,(H2,19,20,22,24). The van der Waals surface area contributed by atoms with Crippen LogP contribution in [0.5, 0.6) is 5.75 Å². The zero-order valence-electron chi connectivity index (χ0n) is 13.1. The van der Waals surface area contributed by atoms with E-state index in [0.717, 1.165) is 0 Å². The van der Waals surface area contributed by atoms with Crippen LogP contribution in [0.1, 0.15) is 27.6 Å². The zero-order chi connectivity index (χ0) is 17.7. The monoisotopic (exact) mass is 406 g/mol. The van der Waals surface area contributed by atoms with Gasteiger partial charge >= 0.3 is 0 Å². The lowest BCUT2D eigenvalue weighted by Gasteiger charge is -2.11. The number of rotatable bonds is 4. The van der Waals surface area contributed by atoms with Crippen LogP contribution in [0.25, 0.3) is 0 Å². The first-order valence-electron chi connectivity index (χ1n) is 6.97. The lowest BCUT2D eigenvalue weighted by Crippen LogP contribution is -2.34. The third kappa shape index (κ3) is 4.62. The summed E-state index contributed by atoms with van der Waals surface area (Å²) >= 11 is 8.47. The van der Waals surface area contributed by atoms with Crippen LogP contribution in [0.3, 0.4) is 0 Å². The van der Waals surface area contributed by atoms with Gasteiger partial charge in [0.2, 0.25) is 0 Å². The Balaban J connectivity index is 2.04. The summed E-state index contributed by atoms with van der Waals surface area (Å²) in [5, 5.41) is 5.62. The van der Waals surface area contributed by atoms with Gasteiger partial charge in [-0.1, -0.05) is 12.1 Å². The van der Waals surface area contributed by atoms with Crippen molar-refractivity contribution < 1.29 is 14.3 Å². The number of methoxy groups -OCH3 is 1. The fourth-order valence-corrected chi connectivity index (χ4v) is 2.71. The predicted octanol–water partition coefficient (Wildman–Crippen LogP) is 3.79. The number of halogens is 1. The molecule has 2 N–H and O–H groups in total. The van der Waals surface area contributed by atoms with Gasteiger partial charge in [-0.2, -0.15) is 0 Å². The van der Waals surface area contributed by atoms with E-state index in [1.165, 1.54) is 6.92 Å². The molecule has 0 saturated carbocycles. The summed E-state index contributed by atoms with van der Waals surface area (Å²) in [6, 6.07) is 11.9. The molecule has 124 valence electrons. The van der Waals surface area contributed by atoms with Gasteiger partial charge in [-0.15, -0.1) is 0 Å². The quantitative estimate of drug-likeness (QED) is 0.597. The largest absolute Gasteiger partial charge is 0.496 e. The lowest BCUT2D eigenvalue weighted by molar-refractivity contribution is 0.0975. The number of benzene rings is 2. The Labute approximate surface area is 153 Å². The van der Waals surface area contributed by atoms with Crippen molar-refractivity contribution in [1.82, 2.24) is 5.32 Å². The van der Waals surface area contributed by atoms with E-state index in [0.29, 0.717) is 27.0 Å². The highest BCUT2D eigenvalue weighted by molar-refractivity contribution is 9.10. The zero-order valence-corrected chi connectivity index (χ0v) is 15.5. The summed E-state index contributed by atoms with van der Waals surface area (Å²) in [6.07, 6.45) is 0. The number of thiocarbonyl (C=S) groups is 1. The molecule has 0 fully saturated rings. The van der Waals surface area contributed by atoms with Gasteiger partial charge in [0, 0.05) is 16.8 Å². The summed E-state index contributed by atoms with van der Waals surface area (Å²) < 4.78 is 5.80. The van der Waals surface area contributed by atoms with E-state index in [9.17, 15) is 9.59 Å². The minimum absolute atomic E-state index is 0.0447. The minimum atomic E-state index is -0.349. The van der Waals surface area contributed by atoms with Crippen molar-refractivity contribution in [2.24, 2.45) is 0 Å². The van der Waals surface area contributed by atoms with E-state index in [1.807, 2.05) is 0 Å². The molecule has 7 heteroatoms. The predicted molar refractivity (Wildman–Crippen MR) is 101 cm³/mol. The number of hydrogen-bond acceptors (Lipinski definition) is 4. The lowest BCUT2D eigenvalue weighted by atomic mass is 10.1. The van der Waals surface area contributed by atoms with E-state index in [4.69, 9.17) is 17.0 Å². The second-order valence-corrected chi connectivity index (χ2v) is 6.16. The van der Waals surface area contributed by atoms with Gasteiger partial charge in [-0.25, -0.2) is 0 Å². The first-order valence-corrected chi connectivity index (χ1v) is 8.17. The Morgan fingerprint density at radius 1 is 1.12 bits per heavy atom. The fraction of sp³-hybridized carbons (Fsp3) is 0.118. The van der Waals surface area contributed by atoms with Gasteiger partial charge in [-0.05, 0) is 65.4 Å². The molecule has 1 amide bonds. The Morgan fingerprint density at radius 2 is 1.88 bits per heavy atom. The number of nitrogens with one attached hydrogen (secondary N) is 2. The Bertz CT molecular complexity index is 808. The van der Waals surface area contributed by atoms with Gasteiger partial charge in [0.05, 0.1) is 11.6 Å². The number of amides is 1. The molecule has 0 atom stereocenters. The van der Waals surface area contributed by atoms with Crippen molar-refractivity contribution in [2.45, 2.75) is 6.92 Å². The molecule has 0 spiro atoms. The van der Waals surface area contributed by atoms with Crippen molar-refractivity contribution in [3.8, 4) is 5.75 Å². The van der Waals surface area contributed by atoms with Crippen molar-refractivity contribution in [3.63, 3.8) is 0 Å². The SMILES string of the molecule is COc1ccc(C(=O)NC(=S)Nc2cccc(C(C)=O)c2)cc1Br. The van der Waals surface area contributed by atoms with E-state index in [2.05, 4.69) is 26.6 Å². The van der Waals surface area contributed by atoms with Gasteiger partial charge < -0.3 is 10.1 Å². The number of Topliss-reactive ketones (excluding diaryl/α,β-unsaturated/α-hetero) is 1. The van der Waals surface area contributed by atoms with Gasteiger partial charge in [0.15, 0.2) is 10.9 Å². The molecular formula is C17H15BrN2O3S. The molecule has 0 aromatic heterocycles. The second kappa shape index (κ2) is 8.03. The number of ketones is 1. The average Bonchev–Trinajstić information content (AvgIpc) is 2.54. The first kappa shape index (κ1) is 18.1. The normalized spacial score (nSPS) is 9.96. The number of carbonyl (C=O) groups excluding carboxylic acids is 2. The highest BCUT2D eigenvalue weighted by Crippen LogP contribution is 2.25. The maximum atomic E-state index is 12.2. The molecule has 2 aromatic carbocycles. The summed E-state index contributed by atoms with van der Waals surface area (Å²) in [5.74, 6) is 0.239. The van der Waals surface area contributed by atoms with Crippen molar-refractivity contribution in [2.75, 3.05) is 12.4 Å². The van der Waals surface area contributed by atoms with E-state index in [1.54, 1.807) is 49.6 Å². The van der Waals surface area contributed by atoms with Crippen LogP contribution in [-0.2, 0) is 0 Å². The van der Waals surface area contributed by atoms with Crippen molar-refractivity contribution >= 4 is 50.6 Å². The first-order chi connectivity index (χ1) is 11.4. The van der Waals surface area contributed by atoms with Crippen LogP contribution < -0.4 is 15.4 Å². The molecule has 0 aliphatic rings. The van der Waals surface area contributed by atoms with Crippen LogP contribution in [0.2, 0.25) is 0 Å². The van der Waals surface area contributed by atoms with Crippen LogP contribution in [0, 0.1) is 0 Å². The number of hydrogen-bond donors (Lipinski definition) is 2. The highest BCUT2D eigenvalue weighted by atomic mass is 79.9. The molecule has 2 aromatic rings. The van der Waals surface area contributed by atoms with E-state index >= 15 is 0 Å². The topological polar surface area (TPSA) is 67.4 Å². The van der Waals surface area contributed by atoms with Crippen molar-refractivity contribution in [3.05, 3.63) is 58.1 Å². The molecular weight excluding hydrogens is 392 g/mol. The van der Waals surface area contributed by atoms with Crippen LogP contribution >= 0.6 is 28.1 Å². The Kier molecular flexibility index (Phi) is 6.05. The van der Waals surface area contributed by atoms with Crippen LogP contribution in [0.4, 0.5) is 5.69 Å². The number of carbonyl (C=O) groups is 2. The second-order valence-electron chi connectivity index (χ2n) is 4.89. The van der Waals surface area contributed by atoms with E-state index < -0.39 is 0 Å². The molecule has 0 aliphatic carbocycles. The molecule has 0 saturated heterocycles. The molecule has 5 nitrogen and oxygen atoms in total.